The molecule has 1 N–H and O–H groups in total. The van der Waals surface area contributed by atoms with Gasteiger partial charge in [0, 0.05) is 9.86 Å². The van der Waals surface area contributed by atoms with E-state index in [1.54, 1.807) is 24.3 Å². The number of aryl methyl sites for hydroxylation is 1. The fraction of sp³-hybridized carbons (Fsp3) is 0.0588. The van der Waals surface area contributed by atoms with Crippen LogP contribution in [0.3, 0.4) is 0 Å². The summed E-state index contributed by atoms with van der Waals surface area (Å²) in [4.78, 5) is 0.251. The first-order valence-electron chi connectivity index (χ1n) is 6.74. The van der Waals surface area contributed by atoms with Gasteiger partial charge < -0.3 is 0 Å². The van der Waals surface area contributed by atoms with Crippen LogP contribution < -0.4 is 4.72 Å². The molecule has 3 aromatic rings. The van der Waals surface area contributed by atoms with Gasteiger partial charge in [0.05, 0.1) is 10.6 Å². The summed E-state index contributed by atoms with van der Waals surface area (Å²) in [6, 6.07) is 18.2. The van der Waals surface area contributed by atoms with E-state index >= 15 is 0 Å². The number of nitrogens with one attached hydrogen (secondary N) is 1. The van der Waals surface area contributed by atoms with Gasteiger partial charge in [-0.2, -0.15) is 0 Å². The molecule has 0 aliphatic carbocycles. The van der Waals surface area contributed by atoms with Gasteiger partial charge in [0.15, 0.2) is 0 Å². The zero-order valence-corrected chi connectivity index (χ0v) is 14.3. The van der Waals surface area contributed by atoms with E-state index in [9.17, 15) is 8.42 Å². The van der Waals surface area contributed by atoms with Crippen molar-refractivity contribution < 1.29 is 8.42 Å². The molecule has 22 heavy (non-hydrogen) atoms. The lowest BCUT2D eigenvalue weighted by Crippen LogP contribution is -2.13. The molecule has 0 atom stereocenters. The molecule has 0 bridgehead atoms. The number of hydrogen-bond donors (Lipinski definition) is 1. The van der Waals surface area contributed by atoms with E-state index < -0.39 is 10.0 Å². The molecule has 0 amide bonds. The maximum absolute atomic E-state index is 12.6. The smallest absolute Gasteiger partial charge is 0.261 e. The van der Waals surface area contributed by atoms with Gasteiger partial charge in [0.1, 0.15) is 0 Å². The van der Waals surface area contributed by atoms with Crippen LogP contribution in [-0.2, 0) is 10.0 Å². The van der Waals surface area contributed by atoms with Crippen molar-refractivity contribution in [1.29, 1.82) is 0 Å². The highest BCUT2D eigenvalue weighted by Gasteiger charge is 2.16. The normalized spacial score (nSPS) is 11.5. The van der Waals surface area contributed by atoms with Gasteiger partial charge in [-0.15, -0.1) is 0 Å². The minimum Gasteiger partial charge on any atom is -0.279 e. The SMILES string of the molecule is Cc1cc(S(=O)(=O)Nc2cccc3ccccc23)ccc1Br. The van der Waals surface area contributed by atoms with Gasteiger partial charge in [-0.25, -0.2) is 8.42 Å². The van der Waals surface area contributed by atoms with E-state index in [4.69, 9.17) is 0 Å². The van der Waals surface area contributed by atoms with Crippen LogP contribution in [0.4, 0.5) is 5.69 Å². The molecule has 3 rings (SSSR count). The Morgan fingerprint density at radius 3 is 2.45 bits per heavy atom. The Bertz CT molecular complexity index is 947. The Morgan fingerprint density at radius 2 is 1.68 bits per heavy atom. The van der Waals surface area contributed by atoms with E-state index in [0.29, 0.717) is 5.69 Å². The van der Waals surface area contributed by atoms with Crippen molar-refractivity contribution in [3.63, 3.8) is 0 Å². The summed E-state index contributed by atoms with van der Waals surface area (Å²) in [7, 11) is -3.61. The maximum Gasteiger partial charge on any atom is 0.261 e. The lowest BCUT2D eigenvalue weighted by Gasteiger charge is -2.11. The second kappa shape index (κ2) is 5.74. The summed E-state index contributed by atoms with van der Waals surface area (Å²) in [5.74, 6) is 0. The first-order chi connectivity index (χ1) is 10.5. The number of sulfonamides is 1. The second-order valence-corrected chi connectivity index (χ2v) is 7.58. The van der Waals surface area contributed by atoms with Crippen molar-refractivity contribution >= 4 is 42.4 Å². The highest BCUT2D eigenvalue weighted by Crippen LogP contribution is 2.26. The van der Waals surface area contributed by atoms with Crippen LogP contribution in [0.1, 0.15) is 5.56 Å². The highest BCUT2D eigenvalue weighted by atomic mass is 79.9. The molecule has 0 aromatic heterocycles. The minimum atomic E-state index is -3.61. The summed E-state index contributed by atoms with van der Waals surface area (Å²) < 4.78 is 28.7. The highest BCUT2D eigenvalue weighted by molar-refractivity contribution is 9.10. The van der Waals surface area contributed by atoms with Crippen LogP contribution in [-0.4, -0.2) is 8.42 Å². The third-order valence-corrected chi connectivity index (χ3v) is 5.73. The lowest BCUT2D eigenvalue weighted by molar-refractivity contribution is 0.601. The van der Waals surface area contributed by atoms with Crippen molar-refractivity contribution in [3.8, 4) is 0 Å². The van der Waals surface area contributed by atoms with Crippen LogP contribution in [0, 0.1) is 6.92 Å². The summed E-state index contributed by atoms with van der Waals surface area (Å²) in [5.41, 5.74) is 1.46. The molecule has 0 radical (unpaired) electrons. The van der Waals surface area contributed by atoms with Crippen molar-refractivity contribution in [2.75, 3.05) is 4.72 Å². The summed E-state index contributed by atoms with van der Waals surface area (Å²) in [6.45, 7) is 1.86. The van der Waals surface area contributed by atoms with Gasteiger partial charge >= 0.3 is 0 Å². The molecule has 0 aliphatic rings. The Labute approximate surface area is 138 Å². The van der Waals surface area contributed by atoms with Crippen molar-refractivity contribution in [2.24, 2.45) is 0 Å². The number of hydrogen-bond acceptors (Lipinski definition) is 2. The van der Waals surface area contributed by atoms with Gasteiger partial charge in [-0.1, -0.05) is 52.3 Å². The average Bonchev–Trinajstić information content (AvgIpc) is 2.50. The largest absolute Gasteiger partial charge is 0.279 e. The number of halogens is 1. The Balaban J connectivity index is 2.05. The predicted molar refractivity (Wildman–Crippen MR) is 93.6 cm³/mol. The number of rotatable bonds is 3. The topological polar surface area (TPSA) is 46.2 Å². The van der Waals surface area contributed by atoms with E-state index in [2.05, 4.69) is 20.7 Å². The van der Waals surface area contributed by atoms with E-state index in [1.165, 1.54) is 0 Å². The van der Waals surface area contributed by atoms with Gasteiger partial charge in [0.2, 0.25) is 0 Å². The zero-order chi connectivity index (χ0) is 15.7. The average molecular weight is 376 g/mol. The maximum atomic E-state index is 12.6. The quantitative estimate of drug-likeness (QED) is 0.720. The fourth-order valence-corrected chi connectivity index (χ4v) is 3.71. The standard InChI is InChI=1S/C17H14BrNO2S/c1-12-11-14(9-10-16(12)18)22(20,21)19-17-8-4-6-13-5-2-3-7-15(13)17/h2-11,19H,1H3. The monoisotopic (exact) mass is 375 g/mol. The molecule has 0 heterocycles. The van der Waals surface area contributed by atoms with Gasteiger partial charge in [-0.3, -0.25) is 4.72 Å². The van der Waals surface area contributed by atoms with Crippen molar-refractivity contribution in [1.82, 2.24) is 0 Å². The first-order valence-corrected chi connectivity index (χ1v) is 9.02. The van der Waals surface area contributed by atoms with E-state index in [-0.39, 0.29) is 4.90 Å². The van der Waals surface area contributed by atoms with Crippen LogP contribution >= 0.6 is 15.9 Å². The lowest BCUT2D eigenvalue weighted by atomic mass is 10.1. The van der Waals surface area contributed by atoms with Crippen LogP contribution in [0.25, 0.3) is 10.8 Å². The van der Waals surface area contributed by atoms with Crippen LogP contribution in [0.15, 0.2) is 70.0 Å². The Hall–Kier alpha value is -1.85. The molecule has 0 fully saturated rings. The van der Waals surface area contributed by atoms with Gasteiger partial charge in [-0.05, 0) is 42.1 Å². The predicted octanol–water partition coefficient (Wildman–Crippen LogP) is 4.71. The molecule has 3 aromatic carbocycles. The number of benzene rings is 3. The van der Waals surface area contributed by atoms with Gasteiger partial charge in [0.25, 0.3) is 10.0 Å². The zero-order valence-electron chi connectivity index (χ0n) is 11.9. The Kier molecular flexibility index (Phi) is 3.93. The van der Waals surface area contributed by atoms with E-state index in [1.807, 2.05) is 43.3 Å². The molecule has 112 valence electrons. The minimum absolute atomic E-state index is 0.251. The molecular weight excluding hydrogens is 362 g/mol. The molecule has 0 saturated heterocycles. The van der Waals surface area contributed by atoms with Crippen LogP contribution in [0.2, 0.25) is 0 Å². The van der Waals surface area contributed by atoms with Crippen molar-refractivity contribution in [3.05, 3.63) is 70.7 Å². The molecule has 0 spiro atoms. The molecular formula is C17H14BrNO2S. The second-order valence-electron chi connectivity index (χ2n) is 5.04. The van der Waals surface area contributed by atoms with Crippen LogP contribution in [0.5, 0.6) is 0 Å². The van der Waals surface area contributed by atoms with Crippen molar-refractivity contribution in [2.45, 2.75) is 11.8 Å². The summed E-state index contributed by atoms with van der Waals surface area (Å²) in [6.07, 6.45) is 0. The number of anilines is 1. The third kappa shape index (κ3) is 2.87. The molecule has 3 nitrogen and oxygen atoms in total. The molecule has 0 saturated carbocycles. The molecule has 0 unspecified atom stereocenters. The Morgan fingerprint density at radius 1 is 0.955 bits per heavy atom. The molecule has 0 aliphatic heterocycles. The molecule has 5 heteroatoms. The first kappa shape index (κ1) is 15.1. The van der Waals surface area contributed by atoms with E-state index in [0.717, 1.165) is 20.8 Å². The fourth-order valence-electron chi connectivity index (χ4n) is 2.30. The summed E-state index contributed by atoms with van der Waals surface area (Å²) >= 11 is 3.38. The summed E-state index contributed by atoms with van der Waals surface area (Å²) in [5, 5.41) is 1.87. The number of fused-ring (bicyclic) bond motifs is 1. The third-order valence-electron chi connectivity index (χ3n) is 3.47.